The molecule has 5 rings (SSSR count). The predicted octanol–water partition coefficient (Wildman–Crippen LogP) is 6.81. The minimum Gasteiger partial charge on any atom is -0.397 e. The van der Waals surface area contributed by atoms with Gasteiger partial charge in [-0.3, -0.25) is 14.9 Å². The first-order valence-corrected chi connectivity index (χ1v) is 15.3. The number of non-ortho nitro benzene ring substituents is 1. The topological polar surface area (TPSA) is 132 Å². The molecular formula is C32H28F3N3O5S. The molecule has 0 bridgehead atoms. The number of nitro groups is 1. The van der Waals surface area contributed by atoms with Gasteiger partial charge in [-0.1, -0.05) is 67.9 Å². The van der Waals surface area contributed by atoms with Crippen LogP contribution in [0.2, 0.25) is 0 Å². The van der Waals surface area contributed by atoms with Crippen molar-refractivity contribution < 1.29 is 31.3 Å². The molecule has 4 aromatic rings. The molecule has 4 aromatic carbocycles. The number of sulfone groups is 1. The van der Waals surface area contributed by atoms with E-state index in [0.29, 0.717) is 40.7 Å². The Balaban J connectivity index is 1.90. The molecule has 1 aliphatic rings. The molecule has 0 spiro atoms. The molecule has 1 amide bonds. The Bertz CT molecular complexity index is 1860. The van der Waals surface area contributed by atoms with E-state index in [0.717, 1.165) is 30.7 Å². The highest BCUT2D eigenvalue weighted by molar-refractivity contribution is 7.91. The Kier molecular flexibility index (Phi) is 8.21. The molecule has 0 aliphatic heterocycles. The number of alkyl halides is 3. The lowest BCUT2D eigenvalue weighted by atomic mass is 9.84. The lowest BCUT2D eigenvalue weighted by molar-refractivity contribution is -0.384. The number of hydrogen-bond acceptors (Lipinski definition) is 6. The van der Waals surface area contributed by atoms with Crippen LogP contribution in [0.3, 0.4) is 0 Å². The first-order valence-electron chi connectivity index (χ1n) is 13.8. The maximum Gasteiger partial charge on any atom is 0.405 e. The van der Waals surface area contributed by atoms with Crippen molar-refractivity contribution in [1.29, 1.82) is 0 Å². The summed E-state index contributed by atoms with van der Waals surface area (Å²) < 4.78 is 68.5. The summed E-state index contributed by atoms with van der Waals surface area (Å²) in [5.41, 5.74) is 9.10. The van der Waals surface area contributed by atoms with E-state index in [2.05, 4.69) is 0 Å². The molecule has 0 saturated carbocycles. The second kappa shape index (κ2) is 11.8. The van der Waals surface area contributed by atoms with E-state index < -0.39 is 39.3 Å². The summed E-state index contributed by atoms with van der Waals surface area (Å²) in [6.45, 7) is 0.403. The van der Waals surface area contributed by atoms with Crippen LogP contribution in [-0.4, -0.2) is 32.0 Å². The molecule has 0 fully saturated rings. The van der Waals surface area contributed by atoms with Crippen molar-refractivity contribution in [3.05, 3.63) is 106 Å². The zero-order valence-corrected chi connectivity index (χ0v) is 24.3. The number of nitrogens with zero attached hydrogens (tertiary/aromatic N) is 1. The molecule has 1 atom stereocenters. The molecular weight excluding hydrogens is 595 g/mol. The summed E-state index contributed by atoms with van der Waals surface area (Å²) in [5.74, 6) is -2.17. The summed E-state index contributed by atoms with van der Waals surface area (Å²) in [4.78, 5) is 23.7. The molecule has 12 heteroatoms. The summed E-state index contributed by atoms with van der Waals surface area (Å²) in [6, 6.07) is 19.6. The number of amides is 1. The molecule has 3 N–H and O–H groups in total. The Hall–Kier alpha value is -4.71. The van der Waals surface area contributed by atoms with Crippen LogP contribution in [-0.2, 0) is 21.1 Å². The first kappa shape index (κ1) is 30.7. The number of nitrogens with two attached hydrogens (primary N) is 1. The average molecular weight is 624 g/mol. The number of nitro benzene ring substituents is 1. The van der Waals surface area contributed by atoms with Crippen LogP contribution in [0, 0.1) is 10.1 Å². The van der Waals surface area contributed by atoms with Gasteiger partial charge in [0, 0.05) is 23.3 Å². The van der Waals surface area contributed by atoms with Gasteiger partial charge in [-0.05, 0) is 52.8 Å². The third-order valence-corrected chi connectivity index (χ3v) is 9.52. The SMILES string of the molecule is CCCCc1c(-c2ccccc2)c(N)c(S(=O)(=O)c2ccc([N+](=O)[O-])cc2)c2c1C(C(=O)NCC(F)(F)F)c1ccccc1-2. The first-order chi connectivity index (χ1) is 20.9. The molecule has 8 nitrogen and oxygen atoms in total. The molecule has 1 aliphatic carbocycles. The van der Waals surface area contributed by atoms with E-state index in [1.54, 1.807) is 54.6 Å². The zero-order valence-electron chi connectivity index (χ0n) is 23.5. The fourth-order valence-corrected chi connectivity index (χ4v) is 7.40. The number of fused-ring (bicyclic) bond motifs is 3. The van der Waals surface area contributed by atoms with Crippen LogP contribution in [0.1, 0.15) is 42.4 Å². The van der Waals surface area contributed by atoms with E-state index in [-0.39, 0.29) is 32.3 Å². The number of carbonyl (C=O) groups is 1. The van der Waals surface area contributed by atoms with Crippen molar-refractivity contribution in [1.82, 2.24) is 5.32 Å². The fraction of sp³-hybridized carbons (Fsp3) is 0.219. The molecule has 0 radical (unpaired) electrons. The number of hydrogen-bond donors (Lipinski definition) is 2. The third kappa shape index (κ3) is 5.52. The van der Waals surface area contributed by atoms with Gasteiger partial charge in [0.05, 0.1) is 21.4 Å². The Morgan fingerprint density at radius 3 is 2.23 bits per heavy atom. The highest BCUT2D eigenvalue weighted by atomic mass is 32.2. The number of anilines is 1. The molecule has 1 unspecified atom stereocenters. The van der Waals surface area contributed by atoms with Gasteiger partial charge in [0.25, 0.3) is 5.69 Å². The van der Waals surface area contributed by atoms with Crippen LogP contribution in [0.15, 0.2) is 88.7 Å². The maximum absolute atomic E-state index is 14.4. The van der Waals surface area contributed by atoms with Gasteiger partial charge in [-0.2, -0.15) is 13.2 Å². The molecule has 0 saturated heterocycles. The van der Waals surface area contributed by atoms with Gasteiger partial charge in [-0.15, -0.1) is 0 Å². The Labute approximate surface area is 251 Å². The van der Waals surface area contributed by atoms with Crippen LogP contribution in [0.5, 0.6) is 0 Å². The Morgan fingerprint density at radius 2 is 1.61 bits per heavy atom. The normalized spacial score (nSPS) is 14.1. The number of nitrogen functional groups attached to an aromatic ring is 1. The van der Waals surface area contributed by atoms with Gasteiger partial charge in [-0.25, -0.2) is 8.42 Å². The lowest BCUT2D eigenvalue weighted by Gasteiger charge is -2.25. The van der Waals surface area contributed by atoms with Crippen molar-refractivity contribution in [2.45, 2.75) is 48.1 Å². The number of unbranched alkanes of at least 4 members (excludes halogenated alkanes) is 1. The van der Waals surface area contributed by atoms with Gasteiger partial charge in [0.2, 0.25) is 15.7 Å². The highest BCUT2D eigenvalue weighted by Crippen LogP contribution is 2.55. The van der Waals surface area contributed by atoms with Crippen LogP contribution in [0.4, 0.5) is 24.5 Å². The summed E-state index contributed by atoms with van der Waals surface area (Å²) in [5, 5.41) is 13.2. The Morgan fingerprint density at radius 1 is 0.977 bits per heavy atom. The number of nitrogens with one attached hydrogen (secondary N) is 1. The minimum absolute atomic E-state index is 0.0782. The lowest BCUT2D eigenvalue weighted by Crippen LogP contribution is -2.37. The van der Waals surface area contributed by atoms with Crippen molar-refractivity contribution in [2.24, 2.45) is 0 Å². The highest BCUT2D eigenvalue weighted by Gasteiger charge is 2.43. The second-order valence-corrected chi connectivity index (χ2v) is 12.3. The molecule has 228 valence electrons. The van der Waals surface area contributed by atoms with Gasteiger partial charge in [0.1, 0.15) is 11.4 Å². The van der Waals surface area contributed by atoms with Crippen molar-refractivity contribution in [2.75, 3.05) is 12.3 Å². The zero-order chi connectivity index (χ0) is 31.8. The number of carbonyl (C=O) groups excluding carboxylic acids is 1. The smallest absolute Gasteiger partial charge is 0.397 e. The standard InChI is InChI=1S/C32H28F3N3O5S/c1-2-3-11-24-25(19-9-5-4-6-10-19)29(36)30(44(42,43)21-16-14-20(15-17-21)38(40)41)27-22-12-7-8-13-23(22)28(26(24)27)31(39)37-18-32(33,34)35/h4-10,12-17,28H,2-3,11,18,36H2,1H3,(H,37,39). The van der Waals surface area contributed by atoms with Gasteiger partial charge in [0.15, 0.2) is 0 Å². The average Bonchev–Trinajstić information content (AvgIpc) is 3.33. The monoisotopic (exact) mass is 623 g/mol. The van der Waals surface area contributed by atoms with Crippen molar-refractivity contribution in [3.8, 4) is 22.3 Å². The number of halogens is 3. The van der Waals surface area contributed by atoms with Crippen LogP contribution in [0.25, 0.3) is 22.3 Å². The quantitative estimate of drug-likeness (QED) is 0.120. The van der Waals surface area contributed by atoms with Crippen LogP contribution >= 0.6 is 0 Å². The van der Waals surface area contributed by atoms with Crippen molar-refractivity contribution in [3.63, 3.8) is 0 Å². The van der Waals surface area contributed by atoms with E-state index in [1.807, 2.05) is 12.2 Å². The van der Waals surface area contributed by atoms with Gasteiger partial charge < -0.3 is 11.1 Å². The maximum atomic E-state index is 14.4. The molecule has 0 aromatic heterocycles. The van der Waals surface area contributed by atoms with E-state index in [4.69, 9.17) is 5.73 Å². The molecule has 0 heterocycles. The van der Waals surface area contributed by atoms with E-state index >= 15 is 0 Å². The molecule has 44 heavy (non-hydrogen) atoms. The second-order valence-electron chi connectivity index (χ2n) is 10.5. The largest absolute Gasteiger partial charge is 0.405 e. The summed E-state index contributed by atoms with van der Waals surface area (Å²) in [7, 11) is -4.49. The number of rotatable bonds is 9. The number of benzene rings is 4. The van der Waals surface area contributed by atoms with Gasteiger partial charge >= 0.3 is 6.18 Å². The summed E-state index contributed by atoms with van der Waals surface area (Å²) >= 11 is 0. The van der Waals surface area contributed by atoms with E-state index in [1.165, 1.54) is 0 Å². The van der Waals surface area contributed by atoms with E-state index in [9.17, 15) is 36.5 Å². The minimum atomic E-state index is -4.66. The van der Waals surface area contributed by atoms with Crippen LogP contribution < -0.4 is 11.1 Å². The summed E-state index contributed by atoms with van der Waals surface area (Å²) in [6.07, 6.45) is -2.92. The third-order valence-electron chi connectivity index (χ3n) is 7.66. The predicted molar refractivity (Wildman–Crippen MR) is 160 cm³/mol. The fourth-order valence-electron chi connectivity index (χ4n) is 5.79. The van der Waals surface area contributed by atoms with Crippen molar-refractivity contribution >= 4 is 27.1 Å².